The lowest BCUT2D eigenvalue weighted by molar-refractivity contribution is 0.403. The van der Waals surface area contributed by atoms with Gasteiger partial charge in [0.25, 0.3) is 6.42 Å². The molecule has 1 radical (unpaired) electrons. The highest BCUT2D eigenvalue weighted by atomic mass is 35.5. The maximum atomic E-state index is 9.84. The third-order valence-electron chi connectivity index (χ3n) is 3.57. The van der Waals surface area contributed by atoms with Crippen LogP contribution in [0.2, 0.25) is 5.02 Å². The van der Waals surface area contributed by atoms with Gasteiger partial charge in [0.2, 0.25) is 6.54 Å². The second kappa shape index (κ2) is 5.30. The highest BCUT2D eigenvalue weighted by molar-refractivity contribution is 6.33. The van der Waals surface area contributed by atoms with Crippen LogP contribution in [-0.2, 0) is 6.42 Å². The molecule has 0 saturated heterocycles. The van der Waals surface area contributed by atoms with E-state index >= 15 is 0 Å². The van der Waals surface area contributed by atoms with Crippen LogP contribution in [0.25, 0.3) is 0 Å². The number of rotatable bonds is 1. The molecule has 3 rings (SSSR count). The van der Waals surface area contributed by atoms with Crippen molar-refractivity contribution in [2.45, 2.75) is 12.8 Å². The van der Waals surface area contributed by atoms with Crippen LogP contribution in [0.4, 0.5) is 11.4 Å². The van der Waals surface area contributed by atoms with E-state index in [1.807, 2.05) is 4.90 Å². The quantitative estimate of drug-likeness (QED) is 0.556. The smallest absolute Gasteiger partial charge is 0.296 e. The molecule has 1 aliphatic rings. The van der Waals surface area contributed by atoms with E-state index in [-0.39, 0.29) is 22.3 Å². The Morgan fingerprint density at radius 2 is 1.81 bits per heavy atom. The third-order valence-corrected chi connectivity index (χ3v) is 3.98. The van der Waals surface area contributed by atoms with E-state index in [0.29, 0.717) is 19.4 Å². The molecule has 1 heterocycles. The zero-order valence-electron chi connectivity index (χ0n) is 11.2. The van der Waals surface area contributed by atoms with E-state index in [0.717, 1.165) is 16.9 Å². The van der Waals surface area contributed by atoms with Crippen molar-refractivity contribution in [2.24, 2.45) is 0 Å². The standard InChI is InChI=1S/C16H14ClNO3/c17-15-12-3-1-2-8-18(10-4-6-11(19)7-5-10)13(12)9-14(20)16(15)21/h4-7,9,19-21H,1,3,8H2/q+1. The number of nitrogens with zero attached hydrogens (tertiary/aromatic N) is 1. The Kier molecular flexibility index (Phi) is 3.47. The molecule has 1 aliphatic heterocycles. The number of fused-ring (bicyclic) bond motifs is 1. The Bertz CT molecular complexity index is 670. The van der Waals surface area contributed by atoms with Crippen LogP contribution in [0.5, 0.6) is 17.2 Å². The van der Waals surface area contributed by atoms with Crippen molar-refractivity contribution < 1.29 is 15.3 Å². The van der Waals surface area contributed by atoms with E-state index < -0.39 is 0 Å². The van der Waals surface area contributed by atoms with E-state index in [1.54, 1.807) is 24.3 Å². The second-order valence-electron chi connectivity index (χ2n) is 4.91. The van der Waals surface area contributed by atoms with Crippen LogP contribution in [0.1, 0.15) is 12.0 Å². The van der Waals surface area contributed by atoms with E-state index in [2.05, 4.69) is 6.42 Å². The average molecular weight is 304 g/mol. The Morgan fingerprint density at radius 1 is 1.10 bits per heavy atom. The normalized spacial score (nSPS) is 14.2. The molecule has 0 saturated carbocycles. The SMILES string of the molecule is Oc1ccc(N2C[C+]CCc3c2cc(O)c(O)c3Cl)cc1. The van der Waals surface area contributed by atoms with Gasteiger partial charge in [-0.05, 0) is 24.3 Å². The monoisotopic (exact) mass is 303 g/mol. The largest absolute Gasteiger partial charge is 0.508 e. The lowest BCUT2D eigenvalue weighted by Gasteiger charge is -2.22. The summed E-state index contributed by atoms with van der Waals surface area (Å²) in [6.45, 7) is 0.540. The Labute approximate surface area is 127 Å². The number of aromatic hydroxyl groups is 3. The summed E-state index contributed by atoms with van der Waals surface area (Å²) in [4.78, 5) is 1.94. The first kappa shape index (κ1) is 13.8. The maximum absolute atomic E-state index is 9.84. The van der Waals surface area contributed by atoms with Crippen molar-refractivity contribution in [2.75, 3.05) is 11.4 Å². The first-order valence-electron chi connectivity index (χ1n) is 6.58. The predicted molar refractivity (Wildman–Crippen MR) is 81.5 cm³/mol. The highest BCUT2D eigenvalue weighted by Crippen LogP contribution is 2.45. The molecule has 0 unspecified atom stereocenters. The molecule has 0 atom stereocenters. The van der Waals surface area contributed by atoms with Crippen molar-refractivity contribution in [3.63, 3.8) is 0 Å². The first-order chi connectivity index (χ1) is 10.1. The minimum atomic E-state index is -0.289. The number of anilines is 2. The van der Waals surface area contributed by atoms with Crippen molar-refractivity contribution in [1.82, 2.24) is 0 Å². The molecule has 0 bridgehead atoms. The van der Waals surface area contributed by atoms with Gasteiger partial charge in [-0.25, -0.2) is 0 Å². The third kappa shape index (κ3) is 2.43. The molecule has 0 fully saturated rings. The fourth-order valence-corrected chi connectivity index (χ4v) is 2.77. The van der Waals surface area contributed by atoms with E-state index in [1.165, 1.54) is 6.07 Å². The number of hydrogen-bond acceptors (Lipinski definition) is 4. The predicted octanol–water partition coefficient (Wildman–Crippen LogP) is 3.62. The molecule has 0 aromatic heterocycles. The summed E-state index contributed by atoms with van der Waals surface area (Å²) in [5.74, 6) is -0.347. The van der Waals surface area contributed by atoms with Gasteiger partial charge in [-0.1, -0.05) is 11.6 Å². The zero-order chi connectivity index (χ0) is 15.0. The summed E-state index contributed by atoms with van der Waals surface area (Å²) >= 11 is 6.16. The number of halogens is 1. The molecule has 4 nitrogen and oxygen atoms in total. The Hall–Kier alpha value is -2.20. The van der Waals surface area contributed by atoms with Gasteiger partial charge in [0.1, 0.15) is 12.2 Å². The van der Waals surface area contributed by atoms with Crippen molar-refractivity contribution in [3.8, 4) is 17.2 Å². The second-order valence-corrected chi connectivity index (χ2v) is 5.29. The molecular weight excluding hydrogens is 290 g/mol. The summed E-state index contributed by atoms with van der Waals surface area (Å²) in [5.41, 5.74) is 2.38. The highest BCUT2D eigenvalue weighted by Gasteiger charge is 2.28. The molecule has 0 aliphatic carbocycles. The minimum absolute atomic E-state index is 0.178. The van der Waals surface area contributed by atoms with E-state index in [9.17, 15) is 15.3 Å². The fraction of sp³-hybridized carbons (Fsp3) is 0.188. The molecule has 21 heavy (non-hydrogen) atoms. The zero-order valence-corrected chi connectivity index (χ0v) is 11.9. The fourth-order valence-electron chi connectivity index (χ4n) is 2.48. The summed E-state index contributed by atoms with van der Waals surface area (Å²) in [5, 5.41) is 29.2. The van der Waals surface area contributed by atoms with Crippen molar-refractivity contribution >= 4 is 23.0 Å². The van der Waals surface area contributed by atoms with Gasteiger partial charge in [-0.3, -0.25) is 4.90 Å². The maximum Gasteiger partial charge on any atom is 0.296 e. The molecule has 2 aromatic carbocycles. The van der Waals surface area contributed by atoms with Crippen molar-refractivity contribution in [1.29, 1.82) is 0 Å². The average Bonchev–Trinajstić information content (AvgIpc) is 2.68. The molecule has 2 aromatic rings. The van der Waals surface area contributed by atoms with Gasteiger partial charge in [0.15, 0.2) is 11.5 Å². The summed E-state index contributed by atoms with van der Waals surface area (Å²) in [6.07, 6.45) is 4.63. The molecule has 5 heteroatoms. The first-order valence-corrected chi connectivity index (χ1v) is 6.96. The van der Waals surface area contributed by atoms with Crippen LogP contribution >= 0.6 is 11.6 Å². The Morgan fingerprint density at radius 3 is 2.52 bits per heavy atom. The van der Waals surface area contributed by atoms with Crippen LogP contribution < -0.4 is 4.90 Å². The van der Waals surface area contributed by atoms with Crippen LogP contribution in [0.15, 0.2) is 30.3 Å². The lowest BCUT2D eigenvalue weighted by atomic mass is 10.1. The number of phenolic OH excluding ortho intramolecular Hbond substituents is 3. The van der Waals surface area contributed by atoms with Crippen LogP contribution in [0.3, 0.4) is 0 Å². The summed E-state index contributed by atoms with van der Waals surface area (Å²) < 4.78 is 0. The van der Waals surface area contributed by atoms with Gasteiger partial charge in [0, 0.05) is 23.7 Å². The number of phenols is 3. The molecule has 0 spiro atoms. The Balaban J connectivity index is 2.14. The summed E-state index contributed by atoms with van der Waals surface area (Å²) in [6, 6.07) is 8.27. The molecular formula is C16H14ClNO3+. The minimum Gasteiger partial charge on any atom is -0.508 e. The number of benzene rings is 2. The number of hydrogen-bond donors (Lipinski definition) is 3. The van der Waals surface area contributed by atoms with E-state index in [4.69, 9.17) is 11.6 Å². The van der Waals surface area contributed by atoms with Crippen LogP contribution in [0, 0.1) is 6.42 Å². The lowest BCUT2D eigenvalue weighted by Crippen LogP contribution is -2.18. The van der Waals surface area contributed by atoms with Gasteiger partial charge >= 0.3 is 0 Å². The molecule has 3 N–H and O–H groups in total. The van der Waals surface area contributed by atoms with Crippen LogP contribution in [-0.4, -0.2) is 21.9 Å². The van der Waals surface area contributed by atoms with Gasteiger partial charge in [-0.2, -0.15) is 0 Å². The van der Waals surface area contributed by atoms with Crippen molar-refractivity contribution in [3.05, 3.63) is 47.3 Å². The summed E-state index contributed by atoms with van der Waals surface area (Å²) in [7, 11) is 0. The van der Waals surface area contributed by atoms with Gasteiger partial charge in [0.05, 0.1) is 10.7 Å². The van der Waals surface area contributed by atoms with Gasteiger partial charge in [-0.15, -0.1) is 0 Å². The molecule has 107 valence electrons. The molecule has 0 amide bonds. The van der Waals surface area contributed by atoms with Gasteiger partial charge < -0.3 is 15.3 Å². The topological polar surface area (TPSA) is 63.9 Å².